The Balaban J connectivity index is 0.00000288. The summed E-state index contributed by atoms with van der Waals surface area (Å²) in [5.41, 5.74) is 0.908. The lowest BCUT2D eigenvalue weighted by atomic mass is 9.93. The van der Waals surface area contributed by atoms with E-state index >= 15 is 0 Å². The van der Waals surface area contributed by atoms with Crippen LogP contribution < -0.4 is 16.0 Å². The van der Waals surface area contributed by atoms with Gasteiger partial charge in [-0.3, -0.25) is 9.59 Å². The number of anilines is 1. The average molecular weight is 374 g/mol. The summed E-state index contributed by atoms with van der Waals surface area (Å²) in [6, 6.07) is 4.90. The van der Waals surface area contributed by atoms with Crippen molar-refractivity contribution in [1.29, 1.82) is 0 Å². The maximum absolute atomic E-state index is 12.2. The van der Waals surface area contributed by atoms with Crippen LogP contribution in [0.1, 0.15) is 43.0 Å². The van der Waals surface area contributed by atoms with Crippen molar-refractivity contribution >= 4 is 41.5 Å². The number of carbonyl (C=O) groups is 2. The van der Waals surface area contributed by atoms with Gasteiger partial charge >= 0.3 is 0 Å². The van der Waals surface area contributed by atoms with Crippen LogP contribution in [0.25, 0.3) is 0 Å². The molecule has 1 fully saturated rings. The third kappa shape index (κ3) is 6.30. The minimum atomic E-state index is -0.210. The molecule has 0 saturated carbocycles. The highest BCUT2D eigenvalue weighted by atomic mass is 35.5. The zero-order valence-corrected chi connectivity index (χ0v) is 15.4. The van der Waals surface area contributed by atoms with Crippen LogP contribution in [-0.2, 0) is 4.79 Å². The van der Waals surface area contributed by atoms with E-state index in [-0.39, 0.29) is 24.2 Å². The van der Waals surface area contributed by atoms with Gasteiger partial charge in [0.15, 0.2) is 0 Å². The van der Waals surface area contributed by atoms with Crippen LogP contribution in [0.4, 0.5) is 5.69 Å². The van der Waals surface area contributed by atoms with Gasteiger partial charge in [-0.1, -0.05) is 11.6 Å². The molecule has 0 aromatic heterocycles. The number of carbonyl (C=O) groups excluding carboxylic acids is 2. The van der Waals surface area contributed by atoms with E-state index in [1.165, 1.54) is 0 Å². The largest absolute Gasteiger partial charge is 0.352 e. The molecule has 0 radical (unpaired) electrons. The van der Waals surface area contributed by atoms with Gasteiger partial charge in [-0.25, -0.2) is 0 Å². The number of rotatable bonds is 6. The van der Waals surface area contributed by atoms with Gasteiger partial charge in [-0.2, -0.15) is 0 Å². The van der Waals surface area contributed by atoms with Crippen molar-refractivity contribution in [1.82, 2.24) is 10.6 Å². The van der Waals surface area contributed by atoms with Crippen LogP contribution in [-0.4, -0.2) is 31.4 Å². The molecule has 0 spiro atoms. The number of piperidine rings is 1. The van der Waals surface area contributed by atoms with E-state index in [1.54, 1.807) is 18.2 Å². The molecule has 0 atom stereocenters. The van der Waals surface area contributed by atoms with E-state index in [4.69, 9.17) is 11.6 Å². The monoisotopic (exact) mass is 373 g/mol. The van der Waals surface area contributed by atoms with Gasteiger partial charge in [0.2, 0.25) is 5.91 Å². The standard InChI is InChI=1S/C17H24ClN3O2.ClH/c1-2-20-17(23)14-5-4-13(18)11-15(14)21-16(22)6-3-12-7-9-19-10-8-12;/h4-5,11-12,19H,2-3,6-10H2,1H3,(H,20,23)(H,21,22);1H. The molecule has 2 rings (SSSR count). The second-order valence-electron chi connectivity index (χ2n) is 5.83. The van der Waals surface area contributed by atoms with Gasteiger partial charge in [0, 0.05) is 18.0 Å². The molecule has 1 aromatic rings. The second-order valence-corrected chi connectivity index (χ2v) is 6.27. The van der Waals surface area contributed by atoms with E-state index in [0.717, 1.165) is 32.4 Å². The molecule has 1 aromatic carbocycles. The van der Waals surface area contributed by atoms with E-state index in [1.807, 2.05) is 6.92 Å². The Morgan fingerprint density at radius 3 is 2.67 bits per heavy atom. The van der Waals surface area contributed by atoms with Crippen molar-refractivity contribution in [2.24, 2.45) is 5.92 Å². The van der Waals surface area contributed by atoms with Crippen LogP contribution in [0.2, 0.25) is 5.02 Å². The van der Waals surface area contributed by atoms with Gasteiger partial charge in [0.1, 0.15) is 0 Å². The fourth-order valence-electron chi connectivity index (χ4n) is 2.79. The molecule has 0 unspecified atom stereocenters. The maximum atomic E-state index is 12.2. The van der Waals surface area contributed by atoms with Crippen molar-refractivity contribution in [2.75, 3.05) is 25.0 Å². The molecule has 0 aliphatic carbocycles. The first kappa shape index (κ1) is 20.7. The summed E-state index contributed by atoms with van der Waals surface area (Å²) in [7, 11) is 0. The predicted molar refractivity (Wildman–Crippen MR) is 100 cm³/mol. The average Bonchev–Trinajstić information content (AvgIpc) is 2.54. The SMILES string of the molecule is CCNC(=O)c1ccc(Cl)cc1NC(=O)CCC1CCNCC1.Cl. The van der Waals surface area contributed by atoms with Gasteiger partial charge in [-0.05, 0) is 63.4 Å². The summed E-state index contributed by atoms with van der Waals surface area (Å²) in [6.07, 6.45) is 3.58. The molecule has 1 aliphatic heterocycles. The topological polar surface area (TPSA) is 70.2 Å². The predicted octanol–water partition coefficient (Wildman–Crippen LogP) is 3.23. The fraction of sp³-hybridized carbons (Fsp3) is 0.529. The Kier molecular flexibility index (Phi) is 9.11. The first-order chi connectivity index (χ1) is 11.1. The first-order valence-electron chi connectivity index (χ1n) is 8.18. The molecule has 5 nitrogen and oxygen atoms in total. The minimum Gasteiger partial charge on any atom is -0.352 e. The van der Waals surface area contributed by atoms with Crippen LogP contribution >= 0.6 is 24.0 Å². The number of hydrogen-bond donors (Lipinski definition) is 3. The number of benzene rings is 1. The lowest BCUT2D eigenvalue weighted by Crippen LogP contribution is -2.28. The highest BCUT2D eigenvalue weighted by Gasteiger charge is 2.17. The van der Waals surface area contributed by atoms with Gasteiger partial charge in [0.05, 0.1) is 11.3 Å². The molecule has 3 N–H and O–H groups in total. The number of halogens is 2. The smallest absolute Gasteiger partial charge is 0.253 e. The molecule has 1 heterocycles. The van der Waals surface area contributed by atoms with Crippen LogP contribution in [0, 0.1) is 5.92 Å². The third-order valence-electron chi connectivity index (χ3n) is 4.08. The van der Waals surface area contributed by atoms with Crippen molar-refractivity contribution < 1.29 is 9.59 Å². The summed E-state index contributed by atoms with van der Waals surface area (Å²) in [5.74, 6) is 0.318. The van der Waals surface area contributed by atoms with Gasteiger partial charge in [-0.15, -0.1) is 12.4 Å². The summed E-state index contributed by atoms with van der Waals surface area (Å²) < 4.78 is 0. The second kappa shape index (κ2) is 10.5. The number of amides is 2. The molecule has 134 valence electrons. The van der Waals surface area contributed by atoms with Crippen molar-refractivity contribution in [3.8, 4) is 0 Å². The lowest BCUT2D eigenvalue weighted by Gasteiger charge is -2.22. The van der Waals surface area contributed by atoms with E-state index in [0.29, 0.717) is 35.2 Å². The molecular formula is C17H25Cl2N3O2. The van der Waals surface area contributed by atoms with E-state index < -0.39 is 0 Å². The molecule has 1 saturated heterocycles. The zero-order valence-electron chi connectivity index (χ0n) is 13.9. The van der Waals surface area contributed by atoms with Crippen molar-refractivity contribution in [3.05, 3.63) is 28.8 Å². The Labute approximate surface area is 154 Å². The molecular weight excluding hydrogens is 349 g/mol. The third-order valence-corrected chi connectivity index (χ3v) is 4.31. The Hall–Kier alpha value is -1.30. The van der Waals surface area contributed by atoms with Crippen LogP contribution in [0.3, 0.4) is 0 Å². The van der Waals surface area contributed by atoms with Crippen LogP contribution in [0.15, 0.2) is 18.2 Å². The van der Waals surface area contributed by atoms with Crippen molar-refractivity contribution in [2.45, 2.75) is 32.6 Å². The number of hydrogen-bond acceptors (Lipinski definition) is 3. The molecule has 2 amide bonds. The summed E-state index contributed by atoms with van der Waals surface area (Å²) in [4.78, 5) is 24.2. The minimum absolute atomic E-state index is 0. The summed E-state index contributed by atoms with van der Waals surface area (Å²) in [5, 5.41) is 9.38. The highest BCUT2D eigenvalue weighted by Crippen LogP contribution is 2.23. The van der Waals surface area contributed by atoms with Gasteiger partial charge < -0.3 is 16.0 Å². The lowest BCUT2D eigenvalue weighted by molar-refractivity contribution is -0.116. The first-order valence-corrected chi connectivity index (χ1v) is 8.56. The van der Waals surface area contributed by atoms with Crippen molar-refractivity contribution in [3.63, 3.8) is 0 Å². The summed E-state index contributed by atoms with van der Waals surface area (Å²) >= 11 is 5.99. The van der Waals surface area contributed by atoms with E-state index in [2.05, 4.69) is 16.0 Å². The Morgan fingerprint density at radius 1 is 1.29 bits per heavy atom. The molecule has 24 heavy (non-hydrogen) atoms. The Morgan fingerprint density at radius 2 is 2.00 bits per heavy atom. The zero-order chi connectivity index (χ0) is 16.7. The van der Waals surface area contributed by atoms with Crippen LogP contribution in [0.5, 0.6) is 0 Å². The van der Waals surface area contributed by atoms with Gasteiger partial charge in [0.25, 0.3) is 5.91 Å². The molecule has 1 aliphatic rings. The maximum Gasteiger partial charge on any atom is 0.253 e. The summed E-state index contributed by atoms with van der Waals surface area (Å²) in [6.45, 7) is 4.44. The number of nitrogens with one attached hydrogen (secondary N) is 3. The molecule has 0 bridgehead atoms. The normalized spacial score (nSPS) is 14.6. The highest BCUT2D eigenvalue weighted by molar-refractivity contribution is 6.31. The molecule has 7 heteroatoms. The Bertz CT molecular complexity index is 561. The fourth-order valence-corrected chi connectivity index (χ4v) is 2.96. The quantitative estimate of drug-likeness (QED) is 0.716. The van der Waals surface area contributed by atoms with E-state index in [9.17, 15) is 9.59 Å².